The number of hydrogen-bond acceptors (Lipinski definition) is 1. The van der Waals surface area contributed by atoms with Gasteiger partial charge in [0.15, 0.2) is 0 Å². The lowest BCUT2D eigenvalue weighted by Gasteiger charge is -2.07. The Kier molecular flexibility index (Phi) is 5.53. The van der Waals surface area contributed by atoms with Crippen LogP contribution < -0.4 is 4.74 Å². The molecule has 1 nitrogen and oxygen atoms in total. The van der Waals surface area contributed by atoms with Crippen molar-refractivity contribution in [2.75, 3.05) is 5.33 Å². The molecule has 0 heterocycles. The minimum absolute atomic E-state index is 0.198. The largest absolute Gasteiger partial charge is 0.435 e. The fraction of sp³-hybridized carbons (Fsp3) is 0.400. The average Bonchev–Trinajstić information content (AvgIpc) is 2.12. The Morgan fingerprint density at radius 3 is 2.60 bits per heavy atom. The maximum absolute atomic E-state index is 12.0. The molecule has 0 fully saturated rings. The van der Waals surface area contributed by atoms with Crippen LogP contribution in [-0.4, -0.2) is 11.9 Å². The van der Waals surface area contributed by atoms with Gasteiger partial charge < -0.3 is 4.74 Å². The van der Waals surface area contributed by atoms with E-state index >= 15 is 0 Å². The predicted octanol–water partition coefficient (Wildman–Crippen LogP) is 4.38. The molecular formula is C10H10Br2F2O. The van der Waals surface area contributed by atoms with Gasteiger partial charge in [0.2, 0.25) is 0 Å². The zero-order chi connectivity index (χ0) is 11.3. The lowest BCUT2D eigenvalue weighted by atomic mass is 10.1. The molecule has 0 spiro atoms. The highest BCUT2D eigenvalue weighted by atomic mass is 79.9. The molecule has 0 aliphatic carbocycles. The molecule has 0 bridgehead atoms. The Morgan fingerprint density at radius 1 is 1.27 bits per heavy atom. The zero-order valence-electron chi connectivity index (χ0n) is 7.85. The van der Waals surface area contributed by atoms with E-state index in [2.05, 4.69) is 36.6 Å². The van der Waals surface area contributed by atoms with E-state index in [9.17, 15) is 8.78 Å². The molecular weight excluding hydrogens is 334 g/mol. The Hall–Kier alpha value is -0.160. The summed E-state index contributed by atoms with van der Waals surface area (Å²) in [6.07, 6.45) is 1.80. The number of ether oxygens (including phenoxy) is 1. The van der Waals surface area contributed by atoms with Gasteiger partial charge >= 0.3 is 6.61 Å². The smallest absolute Gasteiger partial charge is 0.387 e. The van der Waals surface area contributed by atoms with E-state index in [4.69, 9.17) is 0 Å². The molecule has 0 aliphatic rings. The summed E-state index contributed by atoms with van der Waals surface area (Å²) >= 11 is 6.58. The molecule has 0 radical (unpaired) electrons. The highest BCUT2D eigenvalue weighted by molar-refractivity contribution is 9.10. The van der Waals surface area contributed by atoms with Gasteiger partial charge in [0, 0.05) is 9.80 Å². The van der Waals surface area contributed by atoms with Gasteiger partial charge in [-0.2, -0.15) is 8.78 Å². The van der Waals surface area contributed by atoms with Gasteiger partial charge in [-0.1, -0.05) is 31.9 Å². The second-order valence-corrected chi connectivity index (χ2v) is 4.67. The van der Waals surface area contributed by atoms with Gasteiger partial charge in [-0.05, 0) is 36.6 Å². The van der Waals surface area contributed by atoms with E-state index in [0.29, 0.717) is 0 Å². The Balaban J connectivity index is 2.75. The Bertz CT molecular complexity index is 318. The lowest BCUT2D eigenvalue weighted by Crippen LogP contribution is -2.02. The van der Waals surface area contributed by atoms with Crippen LogP contribution in [-0.2, 0) is 6.42 Å². The van der Waals surface area contributed by atoms with Crippen molar-refractivity contribution in [2.45, 2.75) is 19.5 Å². The molecule has 5 heteroatoms. The number of halogens is 4. The summed E-state index contributed by atoms with van der Waals surface area (Å²) in [6, 6.07) is 5.07. The Morgan fingerprint density at radius 2 is 2.00 bits per heavy atom. The molecule has 0 aromatic heterocycles. The van der Waals surface area contributed by atoms with Crippen molar-refractivity contribution in [1.82, 2.24) is 0 Å². The van der Waals surface area contributed by atoms with E-state index in [1.54, 1.807) is 6.07 Å². The van der Waals surface area contributed by atoms with E-state index in [1.807, 2.05) is 6.07 Å². The Labute approximate surface area is 104 Å². The fourth-order valence-corrected chi connectivity index (χ4v) is 2.01. The second-order valence-electron chi connectivity index (χ2n) is 2.97. The molecule has 0 saturated heterocycles. The summed E-state index contributed by atoms with van der Waals surface area (Å²) in [4.78, 5) is 0. The number of benzene rings is 1. The van der Waals surface area contributed by atoms with Crippen LogP contribution in [0.15, 0.2) is 22.7 Å². The molecule has 0 saturated carbocycles. The zero-order valence-corrected chi connectivity index (χ0v) is 11.0. The standard InChI is InChI=1S/C10H10Br2F2O/c11-3-1-2-7-4-8(12)6-9(5-7)15-10(13)14/h4-6,10H,1-3H2. The van der Waals surface area contributed by atoms with Crippen LogP contribution in [0.1, 0.15) is 12.0 Å². The summed E-state index contributed by atoms with van der Waals surface area (Å²) in [7, 11) is 0. The summed E-state index contributed by atoms with van der Waals surface area (Å²) in [5.41, 5.74) is 0.986. The lowest BCUT2D eigenvalue weighted by molar-refractivity contribution is -0.0499. The van der Waals surface area contributed by atoms with Gasteiger partial charge in [-0.25, -0.2) is 0 Å². The SMILES string of the molecule is FC(F)Oc1cc(Br)cc(CCCBr)c1. The maximum Gasteiger partial charge on any atom is 0.387 e. The summed E-state index contributed by atoms with van der Waals surface area (Å²) in [5, 5.41) is 0.893. The first-order valence-electron chi connectivity index (χ1n) is 4.42. The van der Waals surface area contributed by atoms with Crippen molar-refractivity contribution in [1.29, 1.82) is 0 Å². The molecule has 0 aliphatic heterocycles. The normalized spacial score (nSPS) is 10.7. The van der Waals surface area contributed by atoms with Crippen LogP contribution in [0.4, 0.5) is 8.78 Å². The number of hydrogen-bond donors (Lipinski definition) is 0. The molecule has 1 aromatic carbocycles. The number of alkyl halides is 3. The average molecular weight is 344 g/mol. The number of aryl methyl sites for hydroxylation is 1. The molecule has 0 N–H and O–H groups in total. The van der Waals surface area contributed by atoms with E-state index in [-0.39, 0.29) is 5.75 Å². The van der Waals surface area contributed by atoms with Crippen LogP contribution in [0.25, 0.3) is 0 Å². The van der Waals surface area contributed by atoms with Crippen LogP contribution in [0.3, 0.4) is 0 Å². The fourth-order valence-electron chi connectivity index (χ4n) is 1.21. The van der Waals surface area contributed by atoms with Crippen molar-refractivity contribution in [3.05, 3.63) is 28.2 Å². The van der Waals surface area contributed by atoms with Gasteiger partial charge in [-0.15, -0.1) is 0 Å². The first-order chi connectivity index (χ1) is 7.11. The molecule has 1 rings (SSSR count). The maximum atomic E-state index is 12.0. The number of rotatable bonds is 5. The predicted molar refractivity (Wildman–Crippen MR) is 62.9 cm³/mol. The molecule has 84 valence electrons. The molecule has 1 aromatic rings. The first kappa shape index (κ1) is 12.9. The summed E-state index contributed by atoms with van der Waals surface area (Å²) < 4.78 is 29.1. The minimum Gasteiger partial charge on any atom is -0.435 e. The van der Waals surface area contributed by atoms with Gasteiger partial charge in [0.25, 0.3) is 0 Å². The third-order valence-corrected chi connectivity index (χ3v) is 2.77. The quantitative estimate of drug-likeness (QED) is 0.721. The van der Waals surface area contributed by atoms with Crippen LogP contribution in [0.5, 0.6) is 5.75 Å². The molecule has 0 amide bonds. The van der Waals surface area contributed by atoms with Crippen LogP contribution in [0, 0.1) is 0 Å². The minimum atomic E-state index is -2.77. The van der Waals surface area contributed by atoms with E-state index in [0.717, 1.165) is 28.2 Å². The molecule has 0 atom stereocenters. The third-order valence-electron chi connectivity index (χ3n) is 1.76. The second kappa shape index (κ2) is 6.43. The van der Waals surface area contributed by atoms with Gasteiger partial charge in [0.1, 0.15) is 5.75 Å². The van der Waals surface area contributed by atoms with Crippen molar-refractivity contribution in [3.8, 4) is 5.75 Å². The topological polar surface area (TPSA) is 9.23 Å². The van der Waals surface area contributed by atoms with Crippen molar-refractivity contribution >= 4 is 31.9 Å². The van der Waals surface area contributed by atoms with E-state index < -0.39 is 6.61 Å². The summed E-state index contributed by atoms with van der Waals surface area (Å²) in [6.45, 7) is -2.77. The van der Waals surface area contributed by atoms with Crippen molar-refractivity contribution in [3.63, 3.8) is 0 Å². The highest BCUT2D eigenvalue weighted by Crippen LogP contribution is 2.23. The monoisotopic (exact) mass is 342 g/mol. The first-order valence-corrected chi connectivity index (χ1v) is 6.33. The van der Waals surface area contributed by atoms with Gasteiger partial charge in [0.05, 0.1) is 0 Å². The van der Waals surface area contributed by atoms with Crippen LogP contribution >= 0.6 is 31.9 Å². The van der Waals surface area contributed by atoms with Gasteiger partial charge in [-0.3, -0.25) is 0 Å². The summed E-state index contributed by atoms with van der Waals surface area (Å²) in [5.74, 6) is 0.198. The third kappa shape index (κ3) is 4.93. The highest BCUT2D eigenvalue weighted by Gasteiger charge is 2.06. The van der Waals surface area contributed by atoms with Crippen molar-refractivity contribution < 1.29 is 13.5 Å². The molecule has 0 unspecified atom stereocenters. The van der Waals surface area contributed by atoms with Crippen molar-refractivity contribution in [2.24, 2.45) is 0 Å². The van der Waals surface area contributed by atoms with Crippen LogP contribution in [0.2, 0.25) is 0 Å². The molecule has 15 heavy (non-hydrogen) atoms. The van der Waals surface area contributed by atoms with E-state index in [1.165, 1.54) is 6.07 Å².